The highest BCUT2D eigenvalue weighted by molar-refractivity contribution is 6.32. The normalized spacial score (nSPS) is 12.0. The van der Waals surface area contributed by atoms with Gasteiger partial charge in [-0.15, -0.1) is 0 Å². The minimum atomic E-state index is 0.837. The Hall–Kier alpha value is -11.5. The molecule has 0 N–H and O–H groups in total. The standard InChI is InChI=1S/C82H50N2O2/c1-3-21-51(22-4-1)52-39-43-58(44-40-52)84(72-50-56-26-10-14-32-62(56)79-77-60-30-12-8-24-54(60)42-48-74(77)86-82(72)79)80-68-37-19-17-35-65(68)75(66-36-18-20-38-69(66)80)67-45-46-70(64-34-16-15-33-63(64)67)83(57-27-5-2-6-28-57)71-49-55-25-9-13-31-61(55)78-76-59-29-11-7-23-53(59)41-47-73(76)85-81(71)78/h1-50H. The van der Waals surface area contributed by atoms with Crippen molar-refractivity contribution in [2.24, 2.45) is 0 Å². The van der Waals surface area contributed by atoms with Gasteiger partial charge in [-0.05, 0) is 136 Å². The van der Waals surface area contributed by atoms with Gasteiger partial charge in [0.05, 0.1) is 22.7 Å². The van der Waals surface area contributed by atoms with Gasteiger partial charge in [-0.3, -0.25) is 0 Å². The highest BCUT2D eigenvalue weighted by atomic mass is 16.3. The fourth-order valence-corrected chi connectivity index (χ4v) is 14.2. The van der Waals surface area contributed by atoms with Crippen LogP contribution in [0.15, 0.2) is 312 Å². The average molecular weight is 1100 g/mol. The van der Waals surface area contributed by atoms with Crippen molar-refractivity contribution in [3.63, 3.8) is 0 Å². The Morgan fingerprint density at radius 2 is 0.628 bits per heavy atom. The molecule has 18 aromatic rings. The van der Waals surface area contributed by atoms with Crippen LogP contribution in [0.3, 0.4) is 0 Å². The Morgan fingerprint density at radius 3 is 1.16 bits per heavy atom. The maximum Gasteiger partial charge on any atom is 0.160 e. The van der Waals surface area contributed by atoms with E-state index in [1.165, 1.54) is 32.7 Å². The van der Waals surface area contributed by atoms with Crippen LogP contribution in [0.4, 0.5) is 34.1 Å². The second-order valence-electron chi connectivity index (χ2n) is 22.6. The second kappa shape index (κ2) is 19.0. The Morgan fingerprint density at radius 1 is 0.233 bits per heavy atom. The van der Waals surface area contributed by atoms with Crippen molar-refractivity contribution in [2.45, 2.75) is 0 Å². The molecule has 0 saturated heterocycles. The third-order valence-corrected chi connectivity index (χ3v) is 17.9. The van der Waals surface area contributed by atoms with Crippen LogP contribution in [0.2, 0.25) is 0 Å². The molecule has 4 nitrogen and oxygen atoms in total. The Labute approximate surface area is 494 Å². The molecule has 0 bridgehead atoms. The average Bonchev–Trinajstić information content (AvgIpc) is 1.40. The van der Waals surface area contributed by atoms with Crippen LogP contribution in [-0.4, -0.2) is 0 Å². The summed E-state index contributed by atoms with van der Waals surface area (Å²) in [5.41, 5.74) is 14.2. The van der Waals surface area contributed by atoms with E-state index in [1.54, 1.807) is 0 Å². The van der Waals surface area contributed by atoms with Crippen LogP contribution in [0.25, 0.3) is 142 Å². The van der Waals surface area contributed by atoms with E-state index in [4.69, 9.17) is 8.83 Å². The van der Waals surface area contributed by atoms with Crippen LogP contribution in [0.1, 0.15) is 0 Å². The Kier molecular flexibility index (Phi) is 10.7. The van der Waals surface area contributed by atoms with Gasteiger partial charge in [0.25, 0.3) is 0 Å². The molecule has 0 aliphatic carbocycles. The van der Waals surface area contributed by atoms with Gasteiger partial charge in [0.1, 0.15) is 11.2 Å². The molecular weight excluding hydrogens is 1040 g/mol. The number of rotatable bonds is 8. The predicted molar refractivity (Wildman–Crippen MR) is 364 cm³/mol. The molecule has 0 aliphatic heterocycles. The van der Waals surface area contributed by atoms with Gasteiger partial charge in [-0.25, -0.2) is 0 Å². The van der Waals surface area contributed by atoms with E-state index >= 15 is 0 Å². The number of anilines is 6. The quantitative estimate of drug-likeness (QED) is 0.142. The lowest BCUT2D eigenvalue weighted by Gasteiger charge is -2.30. The molecule has 4 heteroatoms. The van der Waals surface area contributed by atoms with E-state index in [0.29, 0.717) is 0 Å². The van der Waals surface area contributed by atoms with Crippen LogP contribution in [-0.2, 0) is 0 Å². The molecule has 0 saturated carbocycles. The van der Waals surface area contributed by atoms with E-state index in [1.807, 2.05) is 0 Å². The minimum absolute atomic E-state index is 0.837. The van der Waals surface area contributed by atoms with Crippen molar-refractivity contribution in [2.75, 3.05) is 9.80 Å². The van der Waals surface area contributed by atoms with Crippen LogP contribution < -0.4 is 9.80 Å². The molecule has 0 radical (unpaired) electrons. The third-order valence-electron chi connectivity index (χ3n) is 17.9. The SMILES string of the molecule is c1ccc(-c2ccc(N(c3c4ccccc4c(-c4ccc(N(c5ccccc5)c5cc6ccccc6c6c5oc5ccc7ccccc7c56)c5ccccc45)c4ccccc34)c3cc4ccccc4c4c3oc3ccc5ccccc5c34)cc2)cc1. The van der Waals surface area contributed by atoms with Crippen LogP contribution in [0.5, 0.6) is 0 Å². The maximum atomic E-state index is 7.30. The first-order valence-corrected chi connectivity index (χ1v) is 29.5. The summed E-state index contributed by atoms with van der Waals surface area (Å²) in [6.07, 6.45) is 0. The molecule has 86 heavy (non-hydrogen) atoms. The van der Waals surface area contributed by atoms with E-state index < -0.39 is 0 Å². The fraction of sp³-hybridized carbons (Fsp3) is 0. The van der Waals surface area contributed by atoms with Gasteiger partial charge < -0.3 is 18.6 Å². The Bertz CT molecular complexity index is 5730. The summed E-state index contributed by atoms with van der Waals surface area (Å²) in [7, 11) is 0. The summed E-state index contributed by atoms with van der Waals surface area (Å²) in [4.78, 5) is 4.89. The van der Waals surface area contributed by atoms with Crippen molar-refractivity contribution in [3.8, 4) is 22.3 Å². The zero-order chi connectivity index (χ0) is 56.4. The van der Waals surface area contributed by atoms with Gasteiger partial charge >= 0.3 is 0 Å². The molecular formula is C82H50N2O2. The second-order valence-corrected chi connectivity index (χ2v) is 22.6. The molecule has 0 amide bonds. The first-order chi connectivity index (χ1) is 42.7. The molecule has 2 aromatic heterocycles. The molecule has 0 atom stereocenters. The summed E-state index contributed by atoms with van der Waals surface area (Å²) in [6, 6.07) is 110. The predicted octanol–water partition coefficient (Wildman–Crippen LogP) is 23.8. The zero-order valence-electron chi connectivity index (χ0n) is 46.6. The minimum Gasteiger partial charge on any atom is -0.454 e. The molecule has 2 heterocycles. The van der Waals surface area contributed by atoms with Crippen molar-refractivity contribution in [3.05, 3.63) is 303 Å². The zero-order valence-corrected chi connectivity index (χ0v) is 46.6. The molecule has 0 fully saturated rings. The summed E-state index contributed by atoms with van der Waals surface area (Å²) < 4.78 is 14.5. The lowest BCUT2D eigenvalue weighted by molar-refractivity contribution is 0.669. The summed E-state index contributed by atoms with van der Waals surface area (Å²) in [5.74, 6) is 0. The molecule has 0 aliphatic rings. The van der Waals surface area contributed by atoms with E-state index in [2.05, 4.69) is 313 Å². The number of hydrogen-bond acceptors (Lipinski definition) is 4. The number of nitrogens with zero attached hydrogens (tertiary/aromatic N) is 2. The highest BCUT2D eigenvalue weighted by Crippen LogP contribution is 2.55. The lowest BCUT2D eigenvalue weighted by atomic mass is 9.87. The van der Waals surface area contributed by atoms with Gasteiger partial charge in [0.2, 0.25) is 0 Å². The lowest BCUT2D eigenvalue weighted by Crippen LogP contribution is -2.12. The van der Waals surface area contributed by atoms with Gasteiger partial charge in [-0.2, -0.15) is 0 Å². The van der Waals surface area contributed by atoms with E-state index in [9.17, 15) is 0 Å². The van der Waals surface area contributed by atoms with E-state index in [-0.39, 0.29) is 0 Å². The number of fused-ring (bicyclic) bond motifs is 17. The van der Waals surface area contributed by atoms with Crippen molar-refractivity contribution < 1.29 is 8.83 Å². The first kappa shape index (κ1) is 48.1. The largest absolute Gasteiger partial charge is 0.454 e. The van der Waals surface area contributed by atoms with E-state index in [0.717, 1.165) is 143 Å². The first-order valence-electron chi connectivity index (χ1n) is 29.5. The van der Waals surface area contributed by atoms with Crippen molar-refractivity contribution in [1.82, 2.24) is 0 Å². The third kappa shape index (κ3) is 7.23. The van der Waals surface area contributed by atoms with Crippen molar-refractivity contribution >= 4 is 153 Å². The number of para-hydroxylation sites is 1. The van der Waals surface area contributed by atoms with Crippen LogP contribution >= 0.6 is 0 Å². The highest BCUT2D eigenvalue weighted by Gasteiger charge is 2.29. The molecule has 400 valence electrons. The fourth-order valence-electron chi connectivity index (χ4n) is 14.2. The number of benzene rings is 16. The molecule has 16 aromatic carbocycles. The summed E-state index contributed by atoms with van der Waals surface area (Å²) in [6.45, 7) is 0. The topological polar surface area (TPSA) is 32.8 Å². The van der Waals surface area contributed by atoms with Gasteiger partial charge in [0.15, 0.2) is 11.2 Å². The maximum absolute atomic E-state index is 7.30. The Balaban J connectivity index is 0.904. The number of furan rings is 2. The monoisotopic (exact) mass is 1090 g/mol. The van der Waals surface area contributed by atoms with Gasteiger partial charge in [0, 0.05) is 49.1 Å². The van der Waals surface area contributed by atoms with Gasteiger partial charge in [-0.1, -0.05) is 249 Å². The smallest absolute Gasteiger partial charge is 0.160 e. The van der Waals surface area contributed by atoms with Crippen LogP contribution in [0, 0.1) is 0 Å². The summed E-state index contributed by atoms with van der Waals surface area (Å²) >= 11 is 0. The molecule has 0 spiro atoms. The number of hydrogen-bond donors (Lipinski definition) is 0. The molecule has 0 unspecified atom stereocenters. The van der Waals surface area contributed by atoms with Crippen molar-refractivity contribution in [1.29, 1.82) is 0 Å². The summed E-state index contributed by atoms with van der Waals surface area (Å²) in [5, 5.41) is 20.6. The molecule has 18 rings (SSSR count).